The number of carbonyl (C=O) groups excluding carboxylic acids is 3. The largest absolute Gasteiger partial charge is 0.463 e. The molecule has 1 amide bonds. The summed E-state index contributed by atoms with van der Waals surface area (Å²) in [4.78, 5) is 35.9. The van der Waals surface area contributed by atoms with E-state index in [4.69, 9.17) is 9.47 Å². The number of esters is 2. The molecule has 2 aromatic rings. The van der Waals surface area contributed by atoms with E-state index < -0.39 is 49.6 Å². The molecule has 0 spiro atoms. The Morgan fingerprint density at radius 1 is 0.825 bits per heavy atom. The van der Waals surface area contributed by atoms with Gasteiger partial charge in [-0.3, -0.25) is 5.32 Å². The third-order valence-electron chi connectivity index (χ3n) is 5.39. The third kappa shape index (κ3) is 11.4. The highest BCUT2D eigenvalue weighted by molar-refractivity contribution is 5.92. The molecule has 7 nitrogen and oxygen atoms in total. The van der Waals surface area contributed by atoms with Gasteiger partial charge < -0.3 is 14.2 Å². The highest BCUT2D eigenvalue weighted by Crippen LogP contribution is 2.38. The zero-order valence-corrected chi connectivity index (χ0v) is 21.8. The molecule has 2 rings (SSSR count). The minimum Gasteiger partial charge on any atom is -0.463 e. The number of amides is 1. The number of carbonyl (C=O) groups is 3. The van der Waals surface area contributed by atoms with Gasteiger partial charge in [0.25, 0.3) is 0 Å². The lowest BCUT2D eigenvalue weighted by Crippen LogP contribution is -2.36. The number of benzene rings is 2. The molecular formula is C28H30F5NO6. The maximum Gasteiger partial charge on any atom is 0.453 e. The Hall–Kier alpha value is -3.96. The molecule has 40 heavy (non-hydrogen) atoms. The van der Waals surface area contributed by atoms with Gasteiger partial charge >= 0.3 is 30.1 Å². The standard InChI is InChI=1S/C28H30F5NO6/c1-2-3-4-5-18-38-24(35)16-9-20-7-14-23(15-8-20)40-25(36)21-10-12-22(13-11-21)34-26(37)39-19-6-17-27(29,30)28(31,32)33/h7-16H,2-6,17-19H2,1H3,(H,34,37). The lowest BCUT2D eigenvalue weighted by molar-refractivity contribution is -0.284. The molecule has 12 heteroatoms. The average molecular weight is 572 g/mol. The molecule has 0 aliphatic heterocycles. The van der Waals surface area contributed by atoms with Crippen molar-refractivity contribution in [2.24, 2.45) is 0 Å². The fourth-order valence-electron chi connectivity index (χ4n) is 3.17. The van der Waals surface area contributed by atoms with E-state index in [0.717, 1.165) is 25.7 Å². The molecule has 0 aliphatic rings. The summed E-state index contributed by atoms with van der Waals surface area (Å²) in [6.07, 6.45) is -1.99. The summed E-state index contributed by atoms with van der Waals surface area (Å²) in [5.41, 5.74) is 1.04. The number of nitrogens with one attached hydrogen (secondary N) is 1. The topological polar surface area (TPSA) is 90.9 Å². The Balaban J connectivity index is 1.76. The number of anilines is 1. The van der Waals surface area contributed by atoms with Crippen molar-refractivity contribution in [3.05, 3.63) is 65.7 Å². The van der Waals surface area contributed by atoms with Gasteiger partial charge in [-0.05, 0) is 60.9 Å². The number of hydrogen-bond acceptors (Lipinski definition) is 6. The van der Waals surface area contributed by atoms with E-state index in [0.29, 0.717) is 12.2 Å². The van der Waals surface area contributed by atoms with Crippen LogP contribution in [0.3, 0.4) is 0 Å². The highest BCUT2D eigenvalue weighted by atomic mass is 19.4. The van der Waals surface area contributed by atoms with Gasteiger partial charge in [-0.2, -0.15) is 22.0 Å². The van der Waals surface area contributed by atoms with Crippen LogP contribution < -0.4 is 10.1 Å². The van der Waals surface area contributed by atoms with Crippen LogP contribution in [0, 0.1) is 0 Å². The van der Waals surface area contributed by atoms with E-state index >= 15 is 0 Å². The summed E-state index contributed by atoms with van der Waals surface area (Å²) in [7, 11) is 0. The Morgan fingerprint density at radius 3 is 2.10 bits per heavy atom. The molecule has 0 radical (unpaired) electrons. The number of unbranched alkanes of at least 4 members (excludes halogenated alkanes) is 3. The predicted octanol–water partition coefficient (Wildman–Crippen LogP) is 7.57. The Bertz CT molecular complexity index is 1130. The second-order valence-electron chi connectivity index (χ2n) is 8.66. The summed E-state index contributed by atoms with van der Waals surface area (Å²) < 4.78 is 77.1. The Morgan fingerprint density at radius 2 is 1.48 bits per heavy atom. The van der Waals surface area contributed by atoms with Crippen LogP contribution in [0.25, 0.3) is 6.08 Å². The zero-order chi connectivity index (χ0) is 29.6. The smallest absolute Gasteiger partial charge is 0.453 e. The van der Waals surface area contributed by atoms with Crippen molar-refractivity contribution in [3.8, 4) is 5.75 Å². The Labute approximate surface area is 228 Å². The van der Waals surface area contributed by atoms with Crippen molar-refractivity contribution in [1.82, 2.24) is 0 Å². The van der Waals surface area contributed by atoms with Crippen LogP contribution in [0.2, 0.25) is 0 Å². The summed E-state index contributed by atoms with van der Waals surface area (Å²) in [6.45, 7) is 1.83. The van der Waals surface area contributed by atoms with Gasteiger partial charge in [-0.25, -0.2) is 14.4 Å². The van der Waals surface area contributed by atoms with Crippen LogP contribution in [0.15, 0.2) is 54.6 Å². The summed E-state index contributed by atoms with van der Waals surface area (Å²) in [5, 5.41) is 2.27. The molecule has 218 valence electrons. The van der Waals surface area contributed by atoms with E-state index in [1.807, 2.05) is 0 Å². The monoisotopic (exact) mass is 571 g/mol. The van der Waals surface area contributed by atoms with Gasteiger partial charge in [0.2, 0.25) is 0 Å². The van der Waals surface area contributed by atoms with Crippen LogP contribution in [0.1, 0.15) is 61.4 Å². The number of halogens is 5. The fourth-order valence-corrected chi connectivity index (χ4v) is 3.17. The minimum absolute atomic E-state index is 0.152. The lowest BCUT2D eigenvalue weighted by atomic mass is 10.2. The van der Waals surface area contributed by atoms with Gasteiger partial charge in [-0.1, -0.05) is 38.3 Å². The van der Waals surface area contributed by atoms with Crippen molar-refractivity contribution in [1.29, 1.82) is 0 Å². The number of hydrogen-bond donors (Lipinski definition) is 1. The first-order valence-corrected chi connectivity index (χ1v) is 12.6. The van der Waals surface area contributed by atoms with Crippen molar-refractivity contribution < 1.29 is 50.5 Å². The zero-order valence-electron chi connectivity index (χ0n) is 21.8. The molecule has 0 saturated heterocycles. The van der Waals surface area contributed by atoms with Crippen LogP contribution in [-0.4, -0.2) is 43.3 Å². The second kappa shape index (κ2) is 15.6. The fraction of sp³-hybridized carbons (Fsp3) is 0.393. The first kappa shape index (κ1) is 32.3. The Kier molecular flexibility index (Phi) is 12.6. The van der Waals surface area contributed by atoms with Crippen molar-refractivity contribution in [2.45, 2.75) is 57.5 Å². The first-order valence-electron chi connectivity index (χ1n) is 12.6. The van der Waals surface area contributed by atoms with Gasteiger partial charge in [0, 0.05) is 18.2 Å². The number of rotatable bonds is 14. The number of ether oxygens (including phenoxy) is 3. The molecule has 1 N–H and O–H groups in total. The summed E-state index contributed by atoms with van der Waals surface area (Å²) in [5.74, 6) is -5.74. The maximum absolute atomic E-state index is 12.8. The van der Waals surface area contributed by atoms with E-state index in [1.54, 1.807) is 30.3 Å². The van der Waals surface area contributed by atoms with Gasteiger partial charge in [0.1, 0.15) is 5.75 Å². The van der Waals surface area contributed by atoms with Crippen molar-refractivity contribution >= 4 is 29.8 Å². The van der Waals surface area contributed by atoms with Crippen LogP contribution >= 0.6 is 0 Å². The summed E-state index contributed by atoms with van der Waals surface area (Å²) in [6, 6.07) is 11.8. The van der Waals surface area contributed by atoms with Gasteiger partial charge in [-0.15, -0.1) is 0 Å². The molecule has 2 aromatic carbocycles. The quantitative estimate of drug-likeness (QED) is 0.0827. The van der Waals surface area contributed by atoms with E-state index in [-0.39, 0.29) is 17.0 Å². The van der Waals surface area contributed by atoms with Gasteiger partial charge in [0.15, 0.2) is 0 Å². The summed E-state index contributed by atoms with van der Waals surface area (Å²) >= 11 is 0. The molecule has 0 fully saturated rings. The molecule has 0 bridgehead atoms. The third-order valence-corrected chi connectivity index (χ3v) is 5.39. The van der Waals surface area contributed by atoms with E-state index in [9.17, 15) is 36.3 Å². The molecule has 0 atom stereocenters. The van der Waals surface area contributed by atoms with Gasteiger partial charge in [0.05, 0.1) is 18.8 Å². The molecule has 0 unspecified atom stereocenters. The average Bonchev–Trinajstić information content (AvgIpc) is 2.90. The molecule has 0 heterocycles. The van der Waals surface area contributed by atoms with Crippen LogP contribution in [0.4, 0.5) is 32.4 Å². The SMILES string of the molecule is CCCCCCOC(=O)C=Cc1ccc(OC(=O)c2ccc(NC(=O)OCCCC(F)(F)C(F)(F)F)cc2)cc1. The lowest BCUT2D eigenvalue weighted by Gasteiger charge is -2.19. The minimum atomic E-state index is -5.66. The normalized spacial score (nSPS) is 11.8. The molecular weight excluding hydrogens is 541 g/mol. The number of alkyl halides is 5. The second-order valence-corrected chi connectivity index (χ2v) is 8.66. The van der Waals surface area contributed by atoms with Crippen LogP contribution in [0.5, 0.6) is 5.75 Å². The van der Waals surface area contributed by atoms with Crippen molar-refractivity contribution in [2.75, 3.05) is 18.5 Å². The highest BCUT2D eigenvalue weighted by Gasteiger charge is 2.56. The molecule has 0 saturated carbocycles. The molecule has 0 aliphatic carbocycles. The van der Waals surface area contributed by atoms with E-state index in [1.165, 1.54) is 30.3 Å². The van der Waals surface area contributed by atoms with Crippen LogP contribution in [-0.2, 0) is 14.3 Å². The van der Waals surface area contributed by atoms with E-state index in [2.05, 4.69) is 17.0 Å². The first-order chi connectivity index (χ1) is 18.9. The van der Waals surface area contributed by atoms with Crippen molar-refractivity contribution in [3.63, 3.8) is 0 Å². The maximum atomic E-state index is 12.8. The molecule has 0 aromatic heterocycles. The predicted molar refractivity (Wildman–Crippen MR) is 137 cm³/mol.